The van der Waals surface area contributed by atoms with Gasteiger partial charge in [-0.25, -0.2) is 4.39 Å². The van der Waals surface area contributed by atoms with Crippen molar-refractivity contribution >= 4 is 0 Å². The van der Waals surface area contributed by atoms with Gasteiger partial charge in [0, 0.05) is 0 Å². The molecule has 12 heavy (non-hydrogen) atoms. The van der Waals surface area contributed by atoms with Crippen LogP contribution in [0.4, 0.5) is 4.39 Å². The molecule has 0 aliphatic rings. The van der Waals surface area contributed by atoms with Crippen LogP contribution in [0.3, 0.4) is 0 Å². The summed E-state index contributed by atoms with van der Waals surface area (Å²) in [5.41, 5.74) is 0.455. The van der Waals surface area contributed by atoms with Gasteiger partial charge >= 0.3 is 0 Å². The zero-order valence-corrected chi connectivity index (χ0v) is 6.80. The van der Waals surface area contributed by atoms with Crippen molar-refractivity contribution in [2.75, 3.05) is 6.61 Å². The monoisotopic (exact) mass is 164 g/mol. The van der Waals surface area contributed by atoms with Crippen LogP contribution in [0.5, 0.6) is 5.75 Å². The molecule has 0 aromatic heterocycles. The minimum Gasteiger partial charge on any atom is -0.493 e. The van der Waals surface area contributed by atoms with Gasteiger partial charge in [-0.1, -0.05) is 5.92 Å². The molecular weight excluding hydrogens is 155 g/mol. The Balaban J connectivity index is 3.05. The summed E-state index contributed by atoms with van der Waals surface area (Å²) in [5, 5.41) is 0. The molecule has 0 aliphatic carbocycles. The Bertz CT molecular complexity index is 312. The minimum atomic E-state index is -0.341. The lowest BCUT2D eigenvalue weighted by atomic mass is 10.2. The fourth-order valence-corrected chi connectivity index (χ4v) is 0.896. The first kappa shape index (κ1) is 8.61. The van der Waals surface area contributed by atoms with E-state index in [1.54, 1.807) is 0 Å². The molecule has 0 unspecified atom stereocenters. The van der Waals surface area contributed by atoms with E-state index in [0.29, 0.717) is 17.9 Å². The Morgan fingerprint density at radius 2 is 2.33 bits per heavy atom. The topological polar surface area (TPSA) is 9.23 Å². The number of halogens is 1. The Labute approximate surface area is 71.2 Å². The molecule has 2 heteroatoms. The average molecular weight is 164 g/mol. The lowest BCUT2D eigenvalue weighted by Crippen LogP contribution is -1.94. The summed E-state index contributed by atoms with van der Waals surface area (Å²) in [6.45, 7) is 2.38. The van der Waals surface area contributed by atoms with E-state index in [2.05, 4.69) is 5.92 Å². The highest BCUT2D eigenvalue weighted by Crippen LogP contribution is 2.18. The van der Waals surface area contributed by atoms with Crippen LogP contribution >= 0.6 is 0 Å². The van der Waals surface area contributed by atoms with E-state index in [9.17, 15) is 4.39 Å². The van der Waals surface area contributed by atoms with Gasteiger partial charge < -0.3 is 4.74 Å². The highest BCUT2D eigenvalue weighted by atomic mass is 19.1. The fraction of sp³-hybridized carbons (Fsp3) is 0.200. The third-order valence-corrected chi connectivity index (χ3v) is 1.40. The van der Waals surface area contributed by atoms with Gasteiger partial charge in [-0.2, -0.15) is 0 Å². The van der Waals surface area contributed by atoms with Gasteiger partial charge in [-0.3, -0.25) is 0 Å². The second kappa shape index (κ2) is 3.77. The molecule has 0 aliphatic heterocycles. The van der Waals surface area contributed by atoms with E-state index in [0.717, 1.165) is 0 Å². The summed E-state index contributed by atoms with van der Waals surface area (Å²) < 4.78 is 17.8. The Morgan fingerprint density at radius 3 is 2.92 bits per heavy atom. The molecule has 0 spiro atoms. The standard InChI is InChI=1S/C10H9FO/c1-3-8-7-9(11)5-6-10(8)12-4-2/h1,5-7H,4H2,2H3. The van der Waals surface area contributed by atoms with Crippen LogP contribution in [0.2, 0.25) is 0 Å². The zero-order chi connectivity index (χ0) is 8.97. The maximum Gasteiger partial charge on any atom is 0.135 e. The van der Waals surface area contributed by atoms with Crippen LogP contribution in [0.15, 0.2) is 18.2 Å². The van der Waals surface area contributed by atoms with Crippen molar-refractivity contribution in [3.8, 4) is 18.1 Å². The van der Waals surface area contributed by atoms with Crippen LogP contribution in [-0.4, -0.2) is 6.61 Å². The van der Waals surface area contributed by atoms with Crippen LogP contribution in [0, 0.1) is 18.2 Å². The maximum absolute atomic E-state index is 12.6. The SMILES string of the molecule is C#Cc1cc(F)ccc1OCC. The normalized spacial score (nSPS) is 9.08. The second-order valence-electron chi connectivity index (χ2n) is 2.22. The molecule has 0 atom stereocenters. The van der Waals surface area contributed by atoms with Crippen LogP contribution in [-0.2, 0) is 0 Å². The molecule has 0 heterocycles. The van der Waals surface area contributed by atoms with Crippen molar-refractivity contribution in [2.24, 2.45) is 0 Å². The van der Waals surface area contributed by atoms with E-state index in [1.165, 1.54) is 18.2 Å². The van der Waals surface area contributed by atoms with Gasteiger partial charge in [-0.05, 0) is 25.1 Å². The molecule has 0 bridgehead atoms. The third kappa shape index (κ3) is 1.76. The molecule has 1 aromatic carbocycles. The van der Waals surface area contributed by atoms with E-state index < -0.39 is 0 Å². The Morgan fingerprint density at radius 1 is 1.58 bits per heavy atom. The maximum atomic E-state index is 12.6. The molecule has 0 saturated carbocycles. The molecule has 62 valence electrons. The predicted octanol–water partition coefficient (Wildman–Crippen LogP) is 2.21. The molecular formula is C10H9FO. The number of terminal acetylenes is 1. The van der Waals surface area contributed by atoms with E-state index in [-0.39, 0.29) is 5.82 Å². The van der Waals surface area contributed by atoms with Gasteiger partial charge in [0.25, 0.3) is 0 Å². The molecule has 0 fully saturated rings. The number of ether oxygens (including phenoxy) is 1. The van der Waals surface area contributed by atoms with Crippen molar-refractivity contribution in [3.05, 3.63) is 29.6 Å². The summed E-state index contributed by atoms with van der Waals surface area (Å²) in [5.74, 6) is 2.57. The van der Waals surface area contributed by atoms with Gasteiger partial charge in [0.2, 0.25) is 0 Å². The molecule has 1 aromatic rings. The number of benzene rings is 1. The van der Waals surface area contributed by atoms with Crippen molar-refractivity contribution in [1.82, 2.24) is 0 Å². The largest absolute Gasteiger partial charge is 0.493 e. The van der Waals surface area contributed by atoms with Crippen molar-refractivity contribution < 1.29 is 9.13 Å². The quantitative estimate of drug-likeness (QED) is 0.609. The summed E-state index contributed by atoms with van der Waals surface area (Å²) in [7, 11) is 0. The van der Waals surface area contributed by atoms with Crippen molar-refractivity contribution in [3.63, 3.8) is 0 Å². The third-order valence-electron chi connectivity index (χ3n) is 1.40. The minimum absolute atomic E-state index is 0.341. The highest BCUT2D eigenvalue weighted by Gasteiger charge is 2.01. The number of hydrogen-bond acceptors (Lipinski definition) is 1. The number of hydrogen-bond donors (Lipinski definition) is 0. The zero-order valence-electron chi connectivity index (χ0n) is 6.80. The molecule has 0 saturated heterocycles. The average Bonchev–Trinajstić information content (AvgIpc) is 2.08. The number of rotatable bonds is 2. The lowest BCUT2D eigenvalue weighted by Gasteiger charge is -2.04. The molecule has 0 radical (unpaired) electrons. The second-order valence-corrected chi connectivity index (χ2v) is 2.22. The first-order valence-electron chi connectivity index (χ1n) is 3.67. The smallest absolute Gasteiger partial charge is 0.135 e. The first-order valence-corrected chi connectivity index (χ1v) is 3.67. The first-order chi connectivity index (χ1) is 5.77. The van der Waals surface area contributed by atoms with E-state index >= 15 is 0 Å². The van der Waals surface area contributed by atoms with Gasteiger partial charge in [0.05, 0.1) is 12.2 Å². The van der Waals surface area contributed by atoms with E-state index in [1.807, 2.05) is 6.92 Å². The van der Waals surface area contributed by atoms with Gasteiger partial charge in [0.1, 0.15) is 11.6 Å². The Kier molecular flexibility index (Phi) is 2.71. The van der Waals surface area contributed by atoms with Crippen LogP contribution in [0.1, 0.15) is 12.5 Å². The molecule has 1 nitrogen and oxygen atoms in total. The lowest BCUT2D eigenvalue weighted by molar-refractivity contribution is 0.338. The van der Waals surface area contributed by atoms with Gasteiger partial charge in [-0.15, -0.1) is 6.42 Å². The molecule has 0 N–H and O–H groups in total. The molecule has 1 rings (SSSR count). The highest BCUT2D eigenvalue weighted by molar-refractivity contribution is 5.44. The summed E-state index contributed by atoms with van der Waals surface area (Å²) in [6, 6.07) is 4.14. The molecule has 0 amide bonds. The van der Waals surface area contributed by atoms with Crippen LogP contribution < -0.4 is 4.74 Å². The van der Waals surface area contributed by atoms with E-state index in [4.69, 9.17) is 11.2 Å². The van der Waals surface area contributed by atoms with Crippen molar-refractivity contribution in [2.45, 2.75) is 6.92 Å². The summed E-state index contributed by atoms with van der Waals surface area (Å²) >= 11 is 0. The van der Waals surface area contributed by atoms with Gasteiger partial charge in [0.15, 0.2) is 0 Å². The van der Waals surface area contributed by atoms with Crippen LogP contribution in [0.25, 0.3) is 0 Å². The summed E-state index contributed by atoms with van der Waals surface area (Å²) in [6.07, 6.45) is 5.15. The Hall–Kier alpha value is -1.49. The van der Waals surface area contributed by atoms with Crippen molar-refractivity contribution in [1.29, 1.82) is 0 Å². The predicted molar refractivity (Wildman–Crippen MR) is 45.5 cm³/mol. The fourth-order valence-electron chi connectivity index (χ4n) is 0.896. The summed E-state index contributed by atoms with van der Waals surface area (Å²) in [4.78, 5) is 0.